The normalized spacial score (nSPS) is 12.8. The minimum Gasteiger partial charge on any atom is -0.396 e. The summed E-state index contributed by atoms with van der Waals surface area (Å²) in [4.78, 5) is 11.8. The molecule has 0 aliphatic heterocycles. The second kappa shape index (κ2) is 5.82. The van der Waals surface area contributed by atoms with Crippen LogP contribution >= 0.6 is 0 Å². The highest BCUT2D eigenvalue weighted by atomic mass is 16.3. The van der Waals surface area contributed by atoms with Gasteiger partial charge >= 0.3 is 0 Å². The molecule has 96 valence electrons. The number of carbonyl (C=O) groups is 1. The van der Waals surface area contributed by atoms with E-state index >= 15 is 0 Å². The van der Waals surface area contributed by atoms with E-state index in [1.165, 1.54) is 0 Å². The average Bonchev–Trinajstić information content (AvgIpc) is 2.60. The number of rotatable bonds is 5. The van der Waals surface area contributed by atoms with Gasteiger partial charge in [-0.3, -0.25) is 9.48 Å². The van der Waals surface area contributed by atoms with Crippen LogP contribution in [-0.2, 0) is 7.05 Å². The first-order valence-corrected chi connectivity index (χ1v) is 5.91. The van der Waals surface area contributed by atoms with Crippen molar-refractivity contribution in [1.29, 1.82) is 0 Å². The minimum absolute atomic E-state index is 0.0444. The van der Waals surface area contributed by atoms with Crippen molar-refractivity contribution in [2.75, 3.05) is 6.61 Å². The molecule has 1 rings (SSSR count). The van der Waals surface area contributed by atoms with Crippen molar-refractivity contribution in [1.82, 2.24) is 15.1 Å². The number of hydrogen-bond donors (Lipinski definition) is 2. The predicted octanol–water partition coefficient (Wildman–Crippen LogP) is 1.04. The molecule has 0 radical (unpaired) electrons. The minimum atomic E-state index is -0.187. The Morgan fingerprint density at radius 3 is 2.65 bits per heavy atom. The summed E-state index contributed by atoms with van der Waals surface area (Å²) in [5.74, 6) is 0.150. The van der Waals surface area contributed by atoms with Gasteiger partial charge in [0.25, 0.3) is 5.91 Å². The van der Waals surface area contributed by atoms with Crippen LogP contribution in [0.25, 0.3) is 0 Å². The van der Waals surface area contributed by atoms with Crippen molar-refractivity contribution in [3.05, 3.63) is 17.5 Å². The molecule has 0 saturated carbocycles. The van der Waals surface area contributed by atoms with Gasteiger partial charge < -0.3 is 10.4 Å². The lowest BCUT2D eigenvalue weighted by molar-refractivity contribution is 0.0928. The van der Waals surface area contributed by atoms with Gasteiger partial charge in [0.2, 0.25) is 0 Å². The van der Waals surface area contributed by atoms with Crippen molar-refractivity contribution in [2.45, 2.75) is 39.2 Å². The van der Waals surface area contributed by atoms with Gasteiger partial charge in [0, 0.05) is 25.4 Å². The Balaban J connectivity index is 2.73. The molecule has 5 nitrogen and oxygen atoms in total. The van der Waals surface area contributed by atoms with Crippen molar-refractivity contribution < 1.29 is 9.90 Å². The second-order valence-electron chi connectivity index (χ2n) is 4.62. The van der Waals surface area contributed by atoms with Crippen LogP contribution in [0.2, 0.25) is 0 Å². The Hall–Kier alpha value is -1.36. The fraction of sp³-hybridized carbons (Fsp3) is 0.667. The maximum atomic E-state index is 11.8. The highest BCUT2D eigenvalue weighted by Crippen LogP contribution is 2.14. The Labute approximate surface area is 102 Å². The lowest BCUT2D eigenvalue weighted by atomic mass is 10.1. The molecular weight excluding hydrogens is 218 g/mol. The van der Waals surface area contributed by atoms with Gasteiger partial charge in [-0.05, 0) is 25.3 Å². The zero-order valence-corrected chi connectivity index (χ0v) is 10.9. The zero-order chi connectivity index (χ0) is 13.0. The van der Waals surface area contributed by atoms with Gasteiger partial charge in [0.05, 0.1) is 0 Å². The average molecular weight is 239 g/mol. The lowest BCUT2D eigenvalue weighted by Gasteiger charge is -2.10. The molecule has 1 atom stereocenters. The van der Waals surface area contributed by atoms with E-state index in [9.17, 15) is 4.79 Å². The van der Waals surface area contributed by atoms with Crippen LogP contribution in [0.15, 0.2) is 6.07 Å². The molecule has 1 aromatic rings. The van der Waals surface area contributed by atoms with E-state index in [2.05, 4.69) is 24.3 Å². The summed E-state index contributed by atoms with van der Waals surface area (Å²) in [5.41, 5.74) is 1.46. The fourth-order valence-electron chi connectivity index (χ4n) is 1.70. The van der Waals surface area contributed by atoms with E-state index in [4.69, 9.17) is 5.11 Å². The monoisotopic (exact) mass is 239 g/mol. The number of aryl methyl sites for hydroxylation is 1. The lowest BCUT2D eigenvalue weighted by Crippen LogP contribution is -2.33. The Kier molecular flexibility index (Phi) is 4.69. The topological polar surface area (TPSA) is 67.2 Å². The fourth-order valence-corrected chi connectivity index (χ4v) is 1.70. The summed E-state index contributed by atoms with van der Waals surface area (Å²) in [6.45, 7) is 6.06. The molecule has 1 amide bonds. The number of aliphatic hydroxyl groups excluding tert-OH is 1. The van der Waals surface area contributed by atoms with Crippen molar-refractivity contribution in [2.24, 2.45) is 7.05 Å². The molecule has 0 aromatic carbocycles. The summed E-state index contributed by atoms with van der Waals surface area (Å²) in [5, 5.41) is 15.8. The molecule has 0 fully saturated rings. The van der Waals surface area contributed by atoms with Crippen LogP contribution in [0, 0.1) is 0 Å². The van der Waals surface area contributed by atoms with E-state index < -0.39 is 0 Å². The highest BCUT2D eigenvalue weighted by molar-refractivity contribution is 5.92. The molecule has 1 aromatic heterocycles. The number of nitrogens with zero attached hydrogens (tertiary/aromatic N) is 2. The maximum Gasteiger partial charge on any atom is 0.271 e. The number of carbonyl (C=O) groups excluding carboxylic acids is 1. The van der Waals surface area contributed by atoms with Gasteiger partial charge in [0.15, 0.2) is 0 Å². The largest absolute Gasteiger partial charge is 0.396 e. The number of aliphatic hydroxyl groups is 1. The molecule has 2 N–H and O–H groups in total. The summed E-state index contributed by atoms with van der Waals surface area (Å²) < 4.78 is 1.73. The molecule has 17 heavy (non-hydrogen) atoms. The van der Waals surface area contributed by atoms with E-state index in [1.807, 2.05) is 20.0 Å². The molecule has 0 saturated heterocycles. The van der Waals surface area contributed by atoms with Gasteiger partial charge in [-0.2, -0.15) is 5.10 Å². The third kappa shape index (κ3) is 3.56. The third-order valence-electron chi connectivity index (χ3n) is 2.68. The Morgan fingerprint density at radius 2 is 2.18 bits per heavy atom. The van der Waals surface area contributed by atoms with Crippen LogP contribution in [0.5, 0.6) is 0 Å². The van der Waals surface area contributed by atoms with Crippen LogP contribution < -0.4 is 5.32 Å². The highest BCUT2D eigenvalue weighted by Gasteiger charge is 2.15. The first-order chi connectivity index (χ1) is 7.95. The van der Waals surface area contributed by atoms with Gasteiger partial charge in [-0.1, -0.05) is 13.8 Å². The van der Waals surface area contributed by atoms with Crippen LogP contribution in [0.4, 0.5) is 0 Å². The summed E-state index contributed by atoms with van der Waals surface area (Å²) in [6, 6.07) is 1.77. The van der Waals surface area contributed by atoms with E-state index in [1.54, 1.807) is 4.68 Å². The Morgan fingerprint density at radius 1 is 1.53 bits per heavy atom. The summed E-state index contributed by atoms with van der Waals surface area (Å²) in [6.07, 6.45) is 0.551. The second-order valence-corrected chi connectivity index (χ2v) is 4.62. The van der Waals surface area contributed by atoms with Gasteiger partial charge in [-0.15, -0.1) is 0 Å². The van der Waals surface area contributed by atoms with E-state index in [-0.39, 0.29) is 18.6 Å². The van der Waals surface area contributed by atoms with Crippen molar-refractivity contribution in [3.63, 3.8) is 0 Å². The maximum absolute atomic E-state index is 11.8. The SMILES string of the molecule is CC(CCO)NC(=O)c1cc(C(C)C)n(C)n1. The number of nitrogens with one attached hydrogen (secondary N) is 1. The number of amides is 1. The zero-order valence-electron chi connectivity index (χ0n) is 10.9. The molecule has 0 spiro atoms. The van der Waals surface area contributed by atoms with Crippen molar-refractivity contribution in [3.8, 4) is 0 Å². The molecule has 0 bridgehead atoms. The first-order valence-electron chi connectivity index (χ1n) is 5.91. The third-order valence-corrected chi connectivity index (χ3v) is 2.68. The summed E-state index contributed by atoms with van der Waals surface area (Å²) in [7, 11) is 1.84. The van der Waals surface area contributed by atoms with E-state index in [0.717, 1.165) is 5.69 Å². The van der Waals surface area contributed by atoms with Gasteiger partial charge in [-0.25, -0.2) is 0 Å². The van der Waals surface area contributed by atoms with Crippen LogP contribution in [0.1, 0.15) is 49.3 Å². The first kappa shape index (κ1) is 13.7. The van der Waals surface area contributed by atoms with Crippen molar-refractivity contribution >= 4 is 5.91 Å². The number of aromatic nitrogens is 2. The van der Waals surface area contributed by atoms with Gasteiger partial charge in [0.1, 0.15) is 5.69 Å². The molecule has 5 heteroatoms. The van der Waals surface area contributed by atoms with E-state index in [0.29, 0.717) is 18.0 Å². The smallest absolute Gasteiger partial charge is 0.271 e. The molecule has 0 aliphatic rings. The quantitative estimate of drug-likeness (QED) is 0.807. The van der Waals surface area contributed by atoms with Crippen LogP contribution in [0.3, 0.4) is 0 Å². The number of hydrogen-bond acceptors (Lipinski definition) is 3. The predicted molar refractivity (Wildman–Crippen MR) is 65.9 cm³/mol. The standard InChI is InChI=1S/C12H21N3O2/c1-8(2)11-7-10(14-15(11)4)12(17)13-9(3)5-6-16/h7-9,16H,5-6H2,1-4H3,(H,13,17). The Bertz CT molecular complexity index is 385. The molecule has 0 aliphatic carbocycles. The summed E-state index contributed by atoms with van der Waals surface area (Å²) >= 11 is 0. The molecule has 1 heterocycles. The molecule has 1 unspecified atom stereocenters. The molecular formula is C12H21N3O2. The van der Waals surface area contributed by atoms with Crippen LogP contribution in [-0.4, -0.2) is 33.4 Å².